The first kappa shape index (κ1) is 13.2. The zero-order chi connectivity index (χ0) is 14.8. The molecular weight excluding hydrogens is 262 g/mol. The molecule has 0 fully saturated rings. The second-order valence-electron chi connectivity index (χ2n) is 4.85. The smallest absolute Gasteiger partial charge is 0.185 e. The molecular formula is C17H15N3O. The summed E-state index contributed by atoms with van der Waals surface area (Å²) in [6, 6.07) is 13.5. The molecule has 3 aromatic rings. The number of carbonyl (C=O) groups is 1. The largest absolute Gasteiger partial charge is 0.289 e. The van der Waals surface area contributed by atoms with Crippen LogP contribution in [-0.2, 0) is 0 Å². The summed E-state index contributed by atoms with van der Waals surface area (Å²) >= 11 is 0. The van der Waals surface area contributed by atoms with E-state index < -0.39 is 0 Å². The molecule has 0 saturated carbocycles. The molecule has 4 heteroatoms. The average Bonchev–Trinajstić information content (AvgIpc) is 2.92. The lowest BCUT2D eigenvalue weighted by molar-refractivity contribution is 0.104. The Kier molecular flexibility index (Phi) is 3.36. The fraction of sp³-hybridized carbons (Fsp3) is 0.118. The van der Waals surface area contributed by atoms with Crippen LogP contribution in [0.2, 0.25) is 0 Å². The molecule has 104 valence electrons. The van der Waals surface area contributed by atoms with E-state index in [1.165, 1.54) is 0 Å². The lowest BCUT2D eigenvalue weighted by Crippen LogP contribution is -2.02. The van der Waals surface area contributed by atoms with E-state index in [1.807, 2.05) is 56.3 Å². The molecule has 0 aliphatic carbocycles. The average molecular weight is 277 g/mol. The van der Waals surface area contributed by atoms with Crippen molar-refractivity contribution in [2.24, 2.45) is 0 Å². The summed E-state index contributed by atoms with van der Waals surface area (Å²) in [5.41, 5.74) is 4.23. The molecule has 0 atom stereocenters. The van der Waals surface area contributed by atoms with Gasteiger partial charge < -0.3 is 0 Å². The van der Waals surface area contributed by atoms with Crippen LogP contribution in [0.15, 0.2) is 54.6 Å². The maximum atomic E-state index is 12.1. The third-order valence-corrected chi connectivity index (χ3v) is 3.40. The zero-order valence-electron chi connectivity index (χ0n) is 11.9. The van der Waals surface area contributed by atoms with Gasteiger partial charge >= 0.3 is 0 Å². The van der Waals surface area contributed by atoms with Gasteiger partial charge in [0.15, 0.2) is 5.78 Å². The number of fused-ring (bicyclic) bond motifs is 1. The van der Waals surface area contributed by atoms with Crippen molar-refractivity contribution in [3.63, 3.8) is 0 Å². The van der Waals surface area contributed by atoms with Crippen molar-refractivity contribution in [2.75, 3.05) is 0 Å². The van der Waals surface area contributed by atoms with E-state index in [2.05, 4.69) is 10.3 Å². The number of benzene rings is 2. The van der Waals surface area contributed by atoms with E-state index in [0.29, 0.717) is 5.56 Å². The van der Waals surface area contributed by atoms with Crippen LogP contribution in [0.1, 0.15) is 22.8 Å². The van der Waals surface area contributed by atoms with E-state index in [1.54, 1.807) is 16.8 Å². The standard InChI is InChI=1S/C17H15N3O/c1-3-6-17(21)14-11-13(10-9-12(14)2)20-16-8-5-4-7-15(16)18-19-20/h3-11H,1-2H3/b6-3-. The van der Waals surface area contributed by atoms with E-state index in [9.17, 15) is 4.79 Å². The van der Waals surface area contributed by atoms with Crippen LogP contribution < -0.4 is 0 Å². The Hall–Kier alpha value is -2.75. The number of allylic oxidation sites excluding steroid dienone is 2. The Balaban J connectivity index is 2.15. The van der Waals surface area contributed by atoms with Crippen LogP contribution in [-0.4, -0.2) is 20.8 Å². The van der Waals surface area contributed by atoms with E-state index >= 15 is 0 Å². The highest BCUT2D eigenvalue weighted by Gasteiger charge is 2.10. The Bertz CT molecular complexity index is 846. The Labute approximate surface area is 122 Å². The van der Waals surface area contributed by atoms with Gasteiger partial charge in [-0.05, 0) is 49.8 Å². The van der Waals surface area contributed by atoms with E-state index in [0.717, 1.165) is 22.3 Å². The highest BCUT2D eigenvalue weighted by Crippen LogP contribution is 2.19. The first-order chi connectivity index (χ1) is 10.2. The predicted molar refractivity (Wildman–Crippen MR) is 82.7 cm³/mol. The lowest BCUT2D eigenvalue weighted by atomic mass is 10.0. The molecule has 1 aromatic heterocycles. The fourth-order valence-corrected chi connectivity index (χ4v) is 2.31. The summed E-state index contributed by atoms with van der Waals surface area (Å²) in [6.45, 7) is 3.77. The van der Waals surface area contributed by atoms with Crippen molar-refractivity contribution in [2.45, 2.75) is 13.8 Å². The Morgan fingerprint density at radius 2 is 2.00 bits per heavy atom. The van der Waals surface area contributed by atoms with Gasteiger partial charge in [0, 0.05) is 5.56 Å². The van der Waals surface area contributed by atoms with Crippen molar-refractivity contribution in [3.05, 3.63) is 65.7 Å². The maximum Gasteiger partial charge on any atom is 0.185 e. The number of rotatable bonds is 3. The van der Waals surface area contributed by atoms with Gasteiger partial charge in [0.2, 0.25) is 0 Å². The molecule has 0 unspecified atom stereocenters. The van der Waals surface area contributed by atoms with Gasteiger partial charge in [0.05, 0.1) is 11.2 Å². The van der Waals surface area contributed by atoms with Crippen LogP contribution in [0.25, 0.3) is 16.7 Å². The minimum absolute atomic E-state index is 0.00118. The van der Waals surface area contributed by atoms with Crippen molar-refractivity contribution >= 4 is 16.8 Å². The quantitative estimate of drug-likeness (QED) is 0.544. The van der Waals surface area contributed by atoms with Gasteiger partial charge in [0.25, 0.3) is 0 Å². The lowest BCUT2D eigenvalue weighted by Gasteiger charge is -2.07. The van der Waals surface area contributed by atoms with Crippen LogP contribution in [0.4, 0.5) is 0 Å². The molecule has 0 aliphatic heterocycles. The van der Waals surface area contributed by atoms with Crippen LogP contribution >= 0.6 is 0 Å². The highest BCUT2D eigenvalue weighted by molar-refractivity contribution is 6.05. The van der Waals surface area contributed by atoms with Gasteiger partial charge in [-0.2, -0.15) is 0 Å². The van der Waals surface area contributed by atoms with Crippen molar-refractivity contribution in [1.82, 2.24) is 15.0 Å². The summed E-state index contributed by atoms with van der Waals surface area (Å²) in [4.78, 5) is 12.1. The predicted octanol–water partition coefficient (Wildman–Crippen LogP) is 3.49. The van der Waals surface area contributed by atoms with Gasteiger partial charge in [-0.1, -0.05) is 29.5 Å². The summed E-state index contributed by atoms with van der Waals surface area (Å²) in [5, 5.41) is 8.32. The van der Waals surface area contributed by atoms with Gasteiger partial charge in [0.1, 0.15) is 5.52 Å². The van der Waals surface area contributed by atoms with Crippen LogP contribution in [0.3, 0.4) is 0 Å². The highest BCUT2D eigenvalue weighted by atomic mass is 16.1. The summed E-state index contributed by atoms with van der Waals surface area (Å²) < 4.78 is 1.75. The molecule has 0 spiro atoms. The van der Waals surface area contributed by atoms with Crippen LogP contribution in [0.5, 0.6) is 0 Å². The topological polar surface area (TPSA) is 47.8 Å². The van der Waals surface area contributed by atoms with Crippen molar-refractivity contribution < 1.29 is 4.79 Å². The molecule has 0 amide bonds. The number of aryl methyl sites for hydroxylation is 1. The number of carbonyl (C=O) groups excluding carboxylic acids is 1. The third kappa shape index (κ3) is 2.36. The molecule has 21 heavy (non-hydrogen) atoms. The van der Waals surface area contributed by atoms with Gasteiger partial charge in [-0.15, -0.1) is 5.10 Å². The number of hydrogen-bond acceptors (Lipinski definition) is 3. The van der Waals surface area contributed by atoms with Crippen molar-refractivity contribution in [1.29, 1.82) is 0 Å². The molecule has 1 heterocycles. The SMILES string of the molecule is C/C=C\C(=O)c1cc(-n2nnc3ccccc32)ccc1C. The fourth-order valence-electron chi connectivity index (χ4n) is 2.31. The summed E-state index contributed by atoms with van der Waals surface area (Å²) in [6.07, 6.45) is 3.32. The number of ketones is 1. The number of para-hydroxylation sites is 1. The number of aromatic nitrogens is 3. The maximum absolute atomic E-state index is 12.1. The third-order valence-electron chi connectivity index (χ3n) is 3.40. The Morgan fingerprint density at radius 3 is 2.81 bits per heavy atom. The van der Waals surface area contributed by atoms with E-state index in [4.69, 9.17) is 0 Å². The monoisotopic (exact) mass is 277 g/mol. The molecule has 0 radical (unpaired) electrons. The van der Waals surface area contributed by atoms with Crippen LogP contribution in [0, 0.1) is 6.92 Å². The number of nitrogens with zero attached hydrogens (tertiary/aromatic N) is 3. The minimum Gasteiger partial charge on any atom is -0.289 e. The first-order valence-electron chi connectivity index (χ1n) is 6.79. The minimum atomic E-state index is 0.00118. The molecule has 0 bridgehead atoms. The normalized spacial score (nSPS) is 11.3. The summed E-state index contributed by atoms with van der Waals surface area (Å²) in [5.74, 6) is 0.00118. The second-order valence-corrected chi connectivity index (χ2v) is 4.85. The molecule has 3 rings (SSSR count). The molecule has 0 saturated heterocycles. The van der Waals surface area contributed by atoms with E-state index in [-0.39, 0.29) is 5.78 Å². The Morgan fingerprint density at radius 1 is 1.19 bits per heavy atom. The molecule has 2 aromatic carbocycles. The van der Waals surface area contributed by atoms with Crippen molar-refractivity contribution in [3.8, 4) is 5.69 Å². The molecule has 0 N–H and O–H groups in total. The van der Waals surface area contributed by atoms with Gasteiger partial charge in [-0.25, -0.2) is 4.68 Å². The number of hydrogen-bond donors (Lipinski definition) is 0. The zero-order valence-corrected chi connectivity index (χ0v) is 11.9. The molecule has 4 nitrogen and oxygen atoms in total. The first-order valence-corrected chi connectivity index (χ1v) is 6.79. The second kappa shape index (κ2) is 5.32. The molecule has 0 aliphatic rings. The summed E-state index contributed by atoms with van der Waals surface area (Å²) in [7, 11) is 0. The van der Waals surface area contributed by atoms with Gasteiger partial charge in [-0.3, -0.25) is 4.79 Å².